The van der Waals surface area contributed by atoms with E-state index in [9.17, 15) is 4.79 Å². The minimum Gasteiger partial charge on any atom is -0.322 e. The third-order valence-corrected chi connectivity index (χ3v) is 5.31. The molecule has 1 N–H and O–H groups in total. The minimum atomic E-state index is -0.197. The summed E-state index contributed by atoms with van der Waals surface area (Å²) in [6.45, 7) is 2.54. The highest BCUT2D eigenvalue weighted by molar-refractivity contribution is 6.34. The van der Waals surface area contributed by atoms with E-state index in [0.717, 1.165) is 37.3 Å². The maximum Gasteiger partial charge on any atom is 0.257 e. The van der Waals surface area contributed by atoms with Gasteiger partial charge in [-0.05, 0) is 53.9 Å². The van der Waals surface area contributed by atoms with Gasteiger partial charge in [0.05, 0.1) is 17.1 Å². The molecule has 3 nitrogen and oxygen atoms in total. The predicted molar refractivity (Wildman–Crippen MR) is 118 cm³/mol. The molecule has 4 heteroatoms. The fraction of sp³-hybridized carbons (Fsp3) is 0.160. The normalized spacial score (nSPS) is 13.1. The van der Waals surface area contributed by atoms with Crippen LogP contribution in [0.15, 0.2) is 72.8 Å². The van der Waals surface area contributed by atoms with E-state index in [4.69, 9.17) is 11.6 Å². The fourth-order valence-corrected chi connectivity index (χ4v) is 3.67. The molecule has 0 saturated heterocycles. The topological polar surface area (TPSA) is 32.3 Å². The van der Waals surface area contributed by atoms with Crippen LogP contribution in [0.3, 0.4) is 0 Å². The SMILES string of the molecule is O=C(Nc1ccc2c(c1)CN(CC#Cc1ccccc1)CC2)c1ccccc1Cl. The fourth-order valence-electron chi connectivity index (χ4n) is 3.45. The Labute approximate surface area is 176 Å². The van der Waals surface area contributed by atoms with Crippen molar-refractivity contribution in [1.29, 1.82) is 0 Å². The number of rotatable bonds is 3. The molecule has 0 aromatic heterocycles. The van der Waals surface area contributed by atoms with Gasteiger partial charge in [-0.25, -0.2) is 0 Å². The van der Waals surface area contributed by atoms with Gasteiger partial charge in [0.25, 0.3) is 5.91 Å². The molecule has 3 aromatic rings. The van der Waals surface area contributed by atoms with Crippen molar-refractivity contribution in [2.24, 2.45) is 0 Å². The van der Waals surface area contributed by atoms with Crippen molar-refractivity contribution in [3.8, 4) is 11.8 Å². The third-order valence-electron chi connectivity index (χ3n) is 4.98. The van der Waals surface area contributed by atoms with E-state index >= 15 is 0 Å². The van der Waals surface area contributed by atoms with Crippen LogP contribution >= 0.6 is 11.6 Å². The summed E-state index contributed by atoms with van der Waals surface area (Å²) in [4.78, 5) is 14.9. The summed E-state index contributed by atoms with van der Waals surface area (Å²) in [5.74, 6) is 6.29. The zero-order chi connectivity index (χ0) is 20.1. The van der Waals surface area contributed by atoms with E-state index < -0.39 is 0 Å². The molecule has 1 amide bonds. The van der Waals surface area contributed by atoms with Crippen molar-refractivity contribution in [2.75, 3.05) is 18.4 Å². The van der Waals surface area contributed by atoms with Gasteiger partial charge < -0.3 is 5.32 Å². The highest BCUT2D eigenvalue weighted by Crippen LogP contribution is 2.24. The third kappa shape index (κ3) is 4.86. The number of nitrogens with one attached hydrogen (secondary N) is 1. The molecule has 3 aromatic carbocycles. The summed E-state index contributed by atoms with van der Waals surface area (Å²) in [5.41, 5.74) is 4.85. The second kappa shape index (κ2) is 8.96. The maximum atomic E-state index is 12.5. The van der Waals surface area contributed by atoms with Crippen molar-refractivity contribution in [3.05, 3.63) is 100 Å². The second-order valence-electron chi connectivity index (χ2n) is 7.05. The average Bonchev–Trinajstić information content (AvgIpc) is 2.74. The molecule has 4 rings (SSSR count). The van der Waals surface area contributed by atoms with Crippen LogP contribution in [0.5, 0.6) is 0 Å². The number of hydrogen-bond acceptors (Lipinski definition) is 2. The van der Waals surface area contributed by atoms with E-state index in [1.54, 1.807) is 12.1 Å². The Kier molecular flexibility index (Phi) is 5.95. The molecule has 1 aliphatic heterocycles. The summed E-state index contributed by atoms with van der Waals surface area (Å²) < 4.78 is 0. The number of nitrogens with zero attached hydrogens (tertiary/aromatic N) is 1. The molecule has 1 aliphatic rings. The first kappa shape index (κ1) is 19.3. The first-order valence-corrected chi connectivity index (χ1v) is 10.0. The van der Waals surface area contributed by atoms with Gasteiger partial charge in [-0.15, -0.1) is 0 Å². The number of benzene rings is 3. The van der Waals surface area contributed by atoms with Gasteiger partial charge in [-0.3, -0.25) is 9.69 Å². The lowest BCUT2D eigenvalue weighted by Gasteiger charge is -2.27. The van der Waals surface area contributed by atoms with Gasteiger partial charge in [-0.1, -0.05) is 59.8 Å². The first-order chi connectivity index (χ1) is 14.2. The Morgan fingerprint density at radius 2 is 1.79 bits per heavy atom. The molecule has 0 aliphatic carbocycles. The van der Waals surface area contributed by atoms with E-state index in [-0.39, 0.29) is 5.91 Å². The minimum absolute atomic E-state index is 0.197. The Morgan fingerprint density at radius 1 is 1.00 bits per heavy atom. The van der Waals surface area contributed by atoms with Crippen LogP contribution in [0.25, 0.3) is 0 Å². The Balaban J connectivity index is 1.42. The standard InChI is InChI=1S/C25H21ClN2O/c26-24-11-5-4-10-23(24)25(29)27-22-13-12-20-14-16-28(18-21(20)17-22)15-6-9-19-7-2-1-3-8-19/h1-5,7-8,10-13,17H,14-16,18H2,(H,27,29). The highest BCUT2D eigenvalue weighted by Gasteiger charge is 2.17. The van der Waals surface area contributed by atoms with Gasteiger partial charge >= 0.3 is 0 Å². The average molecular weight is 401 g/mol. The van der Waals surface area contributed by atoms with Crippen molar-refractivity contribution < 1.29 is 4.79 Å². The lowest BCUT2D eigenvalue weighted by molar-refractivity contribution is 0.102. The van der Waals surface area contributed by atoms with Crippen LogP contribution in [0, 0.1) is 11.8 Å². The summed E-state index contributed by atoms with van der Waals surface area (Å²) >= 11 is 6.13. The summed E-state index contributed by atoms with van der Waals surface area (Å²) in [6.07, 6.45) is 0.987. The van der Waals surface area contributed by atoms with E-state index in [1.807, 2.05) is 48.5 Å². The Hall–Kier alpha value is -3.06. The Morgan fingerprint density at radius 3 is 2.62 bits per heavy atom. The monoisotopic (exact) mass is 400 g/mol. The molecule has 0 fully saturated rings. The molecule has 0 saturated carbocycles. The zero-order valence-electron chi connectivity index (χ0n) is 16.0. The number of fused-ring (bicyclic) bond motifs is 1. The van der Waals surface area contributed by atoms with Gasteiger partial charge in [0.15, 0.2) is 0 Å². The van der Waals surface area contributed by atoms with Crippen LogP contribution in [0.1, 0.15) is 27.0 Å². The largest absolute Gasteiger partial charge is 0.322 e. The number of carbonyl (C=O) groups is 1. The molecular weight excluding hydrogens is 380 g/mol. The molecule has 0 unspecified atom stereocenters. The molecule has 0 bridgehead atoms. The van der Waals surface area contributed by atoms with E-state index in [1.165, 1.54) is 11.1 Å². The van der Waals surface area contributed by atoms with Crippen LogP contribution in [-0.4, -0.2) is 23.9 Å². The van der Waals surface area contributed by atoms with Gasteiger partial charge in [0, 0.05) is 24.3 Å². The summed E-state index contributed by atoms with van der Waals surface area (Å²) in [7, 11) is 0. The highest BCUT2D eigenvalue weighted by atomic mass is 35.5. The quantitative estimate of drug-likeness (QED) is 0.627. The maximum absolute atomic E-state index is 12.5. The van der Waals surface area contributed by atoms with Crippen molar-refractivity contribution in [2.45, 2.75) is 13.0 Å². The molecule has 29 heavy (non-hydrogen) atoms. The lowest BCUT2D eigenvalue weighted by atomic mass is 9.99. The number of amides is 1. The molecule has 1 heterocycles. The molecule has 0 atom stereocenters. The van der Waals surface area contributed by atoms with Crippen molar-refractivity contribution in [1.82, 2.24) is 4.90 Å². The summed E-state index contributed by atoms with van der Waals surface area (Å²) in [6, 6.07) is 23.2. The number of halogens is 1. The number of anilines is 1. The zero-order valence-corrected chi connectivity index (χ0v) is 16.7. The van der Waals surface area contributed by atoms with Crippen LogP contribution in [-0.2, 0) is 13.0 Å². The summed E-state index contributed by atoms with van der Waals surface area (Å²) in [5, 5.41) is 3.41. The van der Waals surface area contributed by atoms with Gasteiger partial charge in [0.1, 0.15) is 0 Å². The van der Waals surface area contributed by atoms with Crippen molar-refractivity contribution in [3.63, 3.8) is 0 Å². The Bertz CT molecular complexity index is 1080. The smallest absolute Gasteiger partial charge is 0.257 e. The van der Waals surface area contributed by atoms with Crippen molar-refractivity contribution >= 4 is 23.2 Å². The van der Waals surface area contributed by atoms with Crippen LogP contribution < -0.4 is 5.32 Å². The number of carbonyl (C=O) groups excluding carboxylic acids is 1. The molecule has 144 valence electrons. The lowest BCUT2D eigenvalue weighted by Crippen LogP contribution is -2.31. The van der Waals surface area contributed by atoms with E-state index in [0.29, 0.717) is 10.6 Å². The second-order valence-corrected chi connectivity index (χ2v) is 7.45. The van der Waals surface area contributed by atoms with E-state index in [2.05, 4.69) is 34.2 Å². The molecule has 0 spiro atoms. The van der Waals surface area contributed by atoms with Gasteiger partial charge in [-0.2, -0.15) is 0 Å². The number of hydrogen-bond donors (Lipinski definition) is 1. The molecular formula is C25H21ClN2O. The van der Waals surface area contributed by atoms with Crippen LogP contribution in [0.2, 0.25) is 5.02 Å². The van der Waals surface area contributed by atoms with Crippen LogP contribution in [0.4, 0.5) is 5.69 Å². The molecule has 0 radical (unpaired) electrons. The van der Waals surface area contributed by atoms with Gasteiger partial charge in [0.2, 0.25) is 0 Å². The predicted octanol–water partition coefficient (Wildman–Crippen LogP) is 5.00. The first-order valence-electron chi connectivity index (χ1n) is 9.63.